The molecule has 3 rings (SSSR count). The SMILES string of the molecule is COCCN(CC(=O)Nc1nc(CC(=O)NCc2ccc(F)cc2)cs1)C(=O)c1ccco1. The molecule has 3 aromatic rings. The lowest BCUT2D eigenvalue weighted by Crippen LogP contribution is -2.39. The lowest BCUT2D eigenvalue weighted by Gasteiger charge is -2.20. The minimum atomic E-state index is -0.437. The number of amides is 3. The molecule has 2 heterocycles. The van der Waals surface area contributed by atoms with Crippen molar-refractivity contribution >= 4 is 34.2 Å². The summed E-state index contributed by atoms with van der Waals surface area (Å²) in [5.41, 5.74) is 1.27. The number of nitrogens with one attached hydrogen (secondary N) is 2. The van der Waals surface area contributed by atoms with E-state index in [0.717, 1.165) is 5.56 Å². The van der Waals surface area contributed by atoms with Gasteiger partial charge in [-0.05, 0) is 29.8 Å². The molecule has 0 aliphatic heterocycles. The van der Waals surface area contributed by atoms with Crippen LogP contribution in [0.1, 0.15) is 21.8 Å². The Morgan fingerprint density at radius 1 is 1.18 bits per heavy atom. The first kappa shape index (κ1) is 24.1. The quantitative estimate of drug-likeness (QED) is 0.441. The zero-order valence-corrected chi connectivity index (χ0v) is 18.7. The lowest BCUT2D eigenvalue weighted by molar-refractivity contribution is -0.120. The van der Waals surface area contributed by atoms with Crippen LogP contribution in [0.25, 0.3) is 0 Å². The molecule has 0 unspecified atom stereocenters. The maximum absolute atomic E-state index is 12.9. The van der Waals surface area contributed by atoms with E-state index in [9.17, 15) is 18.8 Å². The highest BCUT2D eigenvalue weighted by atomic mass is 32.1. The predicted octanol–water partition coefficient (Wildman–Crippen LogP) is 2.46. The molecule has 0 saturated heterocycles. The number of aromatic nitrogens is 1. The van der Waals surface area contributed by atoms with E-state index >= 15 is 0 Å². The second-order valence-electron chi connectivity index (χ2n) is 6.97. The van der Waals surface area contributed by atoms with Gasteiger partial charge in [0.05, 0.1) is 25.0 Å². The average molecular weight is 475 g/mol. The zero-order valence-electron chi connectivity index (χ0n) is 17.9. The topological polar surface area (TPSA) is 114 Å². The van der Waals surface area contributed by atoms with E-state index < -0.39 is 11.8 Å². The smallest absolute Gasteiger partial charge is 0.290 e. The van der Waals surface area contributed by atoms with Crippen LogP contribution >= 0.6 is 11.3 Å². The summed E-state index contributed by atoms with van der Waals surface area (Å²) in [5, 5.41) is 7.37. The van der Waals surface area contributed by atoms with Crippen molar-refractivity contribution in [1.82, 2.24) is 15.2 Å². The number of ether oxygens (including phenoxy) is 1. The molecule has 3 amide bonds. The molecule has 1 aromatic carbocycles. The fourth-order valence-electron chi connectivity index (χ4n) is 2.82. The third-order valence-corrected chi connectivity index (χ3v) is 5.27. The van der Waals surface area contributed by atoms with Gasteiger partial charge < -0.3 is 24.7 Å². The van der Waals surface area contributed by atoms with Gasteiger partial charge >= 0.3 is 0 Å². The first-order chi connectivity index (χ1) is 15.9. The van der Waals surface area contributed by atoms with Crippen LogP contribution in [0.4, 0.5) is 9.52 Å². The number of benzene rings is 1. The lowest BCUT2D eigenvalue weighted by atomic mass is 10.2. The number of carbonyl (C=O) groups is 3. The number of nitrogens with zero attached hydrogens (tertiary/aromatic N) is 2. The van der Waals surface area contributed by atoms with Gasteiger partial charge in [-0.3, -0.25) is 14.4 Å². The van der Waals surface area contributed by atoms with E-state index in [4.69, 9.17) is 9.15 Å². The Morgan fingerprint density at radius 3 is 2.67 bits per heavy atom. The molecule has 2 N–H and O–H groups in total. The number of methoxy groups -OCH3 is 1. The van der Waals surface area contributed by atoms with Crippen molar-refractivity contribution in [1.29, 1.82) is 0 Å². The molecule has 33 heavy (non-hydrogen) atoms. The first-order valence-corrected chi connectivity index (χ1v) is 10.9. The monoisotopic (exact) mass is 474 g/mol. The van der Waals surface area contributed by atoms with Gasteiger partial charge in [-0.2, -0.15) is 0 Å². The van der Waals surface area contributed by atoms with Gasteiger partial charge in [0.25, 0.3) is 5.91 Å². The number of carbonyl (C=O) groups excluding carboxylic acids is 3. The van der Waals surface area contributed by atoms with Crippen molar-refractivity contribution in [2.24, 2.45) is 0 Å². The van der Waals surface area contributed by atoms with Gasteiger partial charge in [0.1, 0.15) is 12.4 Å². The molecule has 0 saturated carbocycles. The fourth-order valence-corrected chi connectivity index (χ4v) is 3.54. The van der Waals surface area contributed by atoms with E-state index in [0.29, 0.717) is 10.8 Å². The Hall–Kier alpha value is -3.57. The molecule has 174 valence electrons. The Balaban J connectivity index is 1.49. The fraction of sp³-hybridized carbons (Fsp3) is 0.273. The summed E-state index contributed by atoms with van der Waals surface area (Å²) >= 11 is 1.18. The standard InChI is InChI=1S/C22H23FN4O5S/c1-31-10-8-27(21(30)18-3-2-9-32-18)13-20(29)26-22-25-17(14-33-22)11-19(28)24-12-15-4-6-16(23)7-5-15/h2-7,9,14H,8,10-13H2,1H3,(H,24,28)(H,25,26,29). The second kappa shape index (κ2) is 11.9. The second-order valence-corrected chi connectivity index (χ2v) is 7.83. The third kappa shape index (κ3) is 7.51. The number of hydrogen-bond acceptors (Lipinski definition) is 7. The van der Waals surface area contributed by atoms with Gasteiger partial charge in [0.2, 0.25) is 11.8 Å². The van der Waals surface area contributed by atoms with E-state index in [-0.39, 0.29) is 50.1 Å². The molecular formula is C22H23FN4O5S. The van der Waals surface area contributed by atoms with E-state index in [1.54, 1.807) is 23.6 Å². The van der Waals surface area contributed by atoms with Crippen LogP contribution in [0.5, 0.6) is 0 Å². The van der Waals surface area contributed by atoms with Crippen molar-refractivity contribution in [2.45, 2.75) is 13.0 Å². The summed E-state index contributed by atoms with van der Waals surface area (Å²) in [6.07, 6.45) is 1.42. The number of rotatable bonds is 11. The average Bonchev–Trinajstić information content (AvgIpc) is 3.48. The highest BCUT2D eigenvalue weighted by Crippen LogP contribution is 2.16. The number of halogens is 1. The van der Waals surface area contributed by atoms with Gasteiger partial charge in [0, 0.05) is 25.6 Å². The molecule has 0 spiro atoms. The van der Waals surface area contributed by atoms with Crippen LogP contribution in [0.15, 0.2) is 52.5 Å². The summed E-state index contributed by atoms with van der Waals surface area (Å²) in [6, 6.07) is 8.96. The van der Waals surface area contributed by atoms with Crippen LogP contribution in [-0.2, 0) is 27.3 Å². The Kier molecular flexibility index (Phi) is 8.67. The van der Waals surface area contributed by atoms with E-state index in [1.165, 1.54) is 47.8 Å². The van der Waals surface area contributed by atoms with Gasteiger partial charge in [-0.15, -0.1) is 11.3 Å². The van der Waals surface area contributed by atoms with Crippen LogP contribution in [0, 0.1) is 5.82 Å². The zero-order chi connectivity index (χ0) is 23.6. The Labute approximate surface area is 193 Å². The van der Waals surface area contributed by atoms with E-state index in [1.807, 2.05) is 0 Å². The largest absolute Gasteiger partial charge is 0.459 e. The highest BCUT2D eigenvalue weighted by Gasteiger charge is 2.21. The maximum Gasteiger partial charge on any atom is 0.290 e. The minimum absolute atomic E-state index is 0.0323. The maximum atomic E-state index is 12.9. The van der Waals surface area contributed by atoms with Crippen molar-refractivity contribution in [3.8, 4) is 0 Å². The Bertz CT molecular complexity index is 1070. The number of furan rings is 1. The molecular weight excluding hydrogens is 451 g/mol. The summed E-state index contributed by atoms with van der Waals surface area (Å²) in [6.45, 7) is 0.527. The van der Waals surface area contributed by atoms with Crippen LogP contribution in [-0.4, -0.2) is 54.4 Å². The van der Waals surface area contributed by atoms with E-state index in [2.05, 4.69) is 15.6 Å². The number of hydrogen-bond donors (Lipinski definition) is 2. The Morgan fingerprint density at radius 2 is 1.97 bits per heavy atom. The summed E-state index contributed by atoms with van der Waals surface area (Å²) in [4.78, 5) is 42.7. The summed E-state index contributed by atoms with van der Waals surface area (Å²) in [5.74, 6) is -1.33. The molecule has 0 aliphatic carbocycles. The summed E-state index contributed by atoms with van der Waals surface area (Å²) in [7, 11) is 1.50. The molecule has 0 fully saturated rings. The van der Waals surface area contributed by atoms with Gasteiger partial charge in [-0.1, -0.05) is 12.1 Å². The third-order valence-electron chi connectivity index (χ3n) is 4.46. The molecule has 0 atom stereocenters. The predicted molar refractivity (Wildman–Crippen MR) is 119 cm³/mol. The number of thiazole rings is 1. The van der Waals surface area contributed by atoms with Crippen molar-refractivity contribution in [3.63, 3.8) is 0 Å². The van der Waals surface area contributed by atoms with Crippen LogP contribution in [0.3, 0.4) is 0 Å². The van der Waals surface area contributed by atoms with Crippen LogP contribution in [0.2, 0.25) is 0 Å². The minimum Gasteiger partial charge on any atom is -0.459 e. The van der Waals surface area contributed by atoms with Crippen LogP contribution < -0.4 is 10.6 Å². The number of anilines is 1. The van der Waals surface area contributed by atoms with Gasteiger partial charge in [-0.25, -0.2) is 9.37 Å². The normalized spacial score (nSPS) is 10.6. The highest BCUT2D eigenvalue weighted by molar-refractivity contribution is 7.13. The molecule has 0 bridgehead atoms. The molecule has 0 aliphatic rings. The van der Waals surface area contributed by atoms with Gasteiger partial charge in [0.15, 0.2) is 10.9 Å². The molecule has 0 radical (unpaired) electrons. The molecule has 11 heteroatoms. The molecule has 2 aromatic heterocycles. The molecule has 9 nitrogen and oxygen atoms in total. The first-order valence-electron chi connectivity index (χ1n) is 10.0. The van der Waals surface area contributed by atoms with Crippen molar-refractivity contribution < 1.29 is 27.9 Å². The summed E-state index contributed by atoms with van der Waals surface area (Å²) < 4.78 is 23.1. The van der Waals surface area contributed by atoms with Crippen molar-refractivity contribution in [2.75, 3.05) is 32.1 Å². The van der Waals surface area contributed by atoms with Crippen molar-refractivity contribution in [3.05, 3.63) is 70.9 Å².